The van der Waals surface area contributed by atoms with E-state index in [0.29, 0.717) is 5.92 Å². The van der Waals surface area contributed by atoms with Crippen molar-refractivity contribution in [2.24, 2.45) is 5.92 Å². The zero-order valence-corrected chi connectivity index (χ0v) is 11.1. The van der Waals surface area contributed by atoms with Gasteiger partial charge < -0.3 is 5.11 Å². The molecular weight excluding hydrogens is 210 g/mol. The smallest absolute Gasteiger partial charge is 0.0583 e. The highest BCUT2D eigenvalue weighted by Crippen LogP contribution is 2.20. The molecule has 0 bridgehead atoms. The second kappa shape index (κ2) is 8.24. The molecule has 1 rings (SSSR count). The molecule has 0 radical (unpaired) electrons. The van der Waals surface area contributed by atoms with Gasteiger partial charge in [0.15, 0.2) is 0 Å². The van der Waals surface area contributed by atoms with Crippen molar-refractivity contribution >= 4 is 0 Å². The lowest BCUT2D eigenvalue weighted by atomic mass is 9.91. The summed E-state index contributed by atoms with van der Waals surface area (Å²) in [4.78, 5) is 4.08. The molecule has 96 valence electrons. The van der Waals surface area contributed by atoms with Crippen LogP contribution in [0.2, 0.25) is 0 Å². The maximum absolute atomic E-state index is 10.1. The fraction of sp³-hybridized carbons (Fsp3) is 0.667. The van der Waals surface area contributed by atoms with Crippen molar-refractivity contribution in [1.29, 1.82) is 0 Å². The lowest BCUT2D eigenvalue weighted by Gasteiger charge is -2.18. The molecule has 0 aliphatic rings. The minimum absolute atomic E-state index is 0.221. The van der Waals surface area contributed by atoms with E-state index < -0.39 is 0 Å². The number of aromatic nitrogens is 1. The average Bonchev–Trinajstić information content (AvgIpc) is 2.35. The molecule has 17 heavy (non-hydrogen) atoms. The maximum atomic E-state index is 10.1. The van der Waals surface area contributed by atoms with Crippen molar-refractivity contribution in [2.45, 2.75) is 58.5 Å². The van der Waals surface area contributed by atoms with Crippen molar-refractivity contribution in [3.63, 3.8) is 0 Å². The average molecular weight is 235 g/mol. The quantitative estimate of drug-likeness (QED) is 0.747. The van der Waals surface area contributed by atoms with Crippen molar-refractivity contribution in [1.82, 2.24) is 4.98 Å². The predicted molar refractivity (Wildman–Crippen MR) is 71.9 cm³/mol. The second-order valence-electron chi connectivity index (χ2n) is 4.87. The van der Waals surface area contributed by atoms with E-state index >= 15 is 0 Å². The van der Waals surface area contributed by atoms with Crippen molar-refractivity contribution in [3.05, 3.63) is 30.1 Å². The van der Waals surface area contributed by atoms with E-state index in [-0.39, 0.29) is 6.10 Å². The fourth-order valence-corrected chi connectivity index (χ4v) is 2.24. The second-order valence-corrected chi connectivity index (χ2v) is 4.87. The van der Waals surface area contributed by atoms with Crippen LogP contribution >= 0.6 is 0 Å². The van der Waals surface area contributed by atoms with E-state index in [1.54, 1.807) is 6.20 Å². The van der Waals surface area contributed by atoms with E-state index in [0.717, 1.165) is 18.4 Å². The first-order valence-electron chi connectivity index (χ1n) is 6.83. The van der Waals surface area contributed by atoms with Crippen molar-refractivity contribution < 1.29 is 5.11 Å². The van der Waals surface area contributed by atoms with E-state index in [2.05, 4.69) is 18.8 Å². The van der Waals surface area contributed by atoms with E-state index in [1.807, 2.05) is 18.3 Å². The molecule has 2 unspecified atom stereocenters. The van der Waals surface area contributed by atoms with Crippen molar-refractivity contribution in [2.75, 3.05) is 0 Å². The summed E-state index contributed by atoms with van der Waals surface area (Å²) >= 11 is 0. The van der Waals surface area contributed by atoms with Crippen LogP contribution in [0.5, 0.6) is 0 Å². The molecule has 1 N–H and O–H groups in total. The van der Waals surface area contributed by atoms with Gasteiger partial charge in [-0.2, -0.15) is 0 Å². The first-order chi connectivity index (χ1) is 8.26. The van der Waals surface area contributed by atoms with Crippen LogP contribution in [0.3, 0.4) is 0 Å². The van der Waals surface area contributed by atoms with Gasteiger partial charge in [0, 0.05) is 12.4 Å². The highest BCUT2D eigenvalue weighted by Gasteiger charge is 2.13. The first kappa shape index (κ1) is 14.2. The molecular formula is C15H25NO. The van der Waals surface area contributed by atoms with Crippen LogP contribution in [-0.4, -0.2) is 16.2 Å². The molecule has 0 saturated carbocycles. The summed E-state index contributed by atoms with van der Waals surface area (Å²) in [6.45, 7) is 4.44. The Labute approximate surface area is 105 Å². The zero-order chi connectivity index (χ0) is 12.5. The van der Waals surface area contributed by atoms with Crippen LogP contribution in [0.1, 0.15) is 51.5 Å². The van der Waals surface area contributed by atoms with Gasteiger partial charge in [0.05, 0.1) is 6.10 Å². The fourth-order valence-electron chi connectivity index (χ4n) is 2.24. The summed E-state index contributed by atoms with van der Waals surface area (Å²) in [5, 5.41) is 10.1. The molecule has 0 aliphatic heterocycles. The molecule has 2 atom stereocenters. The molecule has 2 heteroatoms. The van der Waals surface area contributed by atoms with Gasteiger partial charge in [-0.25, -0.2) is 0 Å². The maximum Gasteiger partial charge on any atom is 0.0583 e. The van der Waals surface area contributed by atoms with Gasteiger partial charge >= 0.3 is 0 Å². The zero-order valence-electron chi connectivity index (χ0n) is 11.1. The van der Waals surface area contributed by atoms with Gasteiger partial charge in [0.1, 0.15) is 0 Å². The number of aliphatic hydroxyl groups is 1. The lowest BCUT2D eigenvalue weighted by Crippen LogP contribution is -2.16. The Kier molecular flexibility index (Phi) is 6.87. The van der Waals surface area contributed by atoms with Crippen LogP contribution < -0.4 is 0 Å². The molecule has 0 aromatic carbocycles. The van der Waals surface area contributed by atoms with Crippen molar-refractivity contribution in [3.8, 4) is 0 Å². The van der Waals surface area contributed by atoms with E-state index in [4.69, 9.17) is 0 Å². The molecule has 1 aromatic rings. The van der Waals surface area contributed by atoms with Gasteiger partial charge in [-0.05, 0) is 30.4 Å². The summed E-state index contributed by atoms with van der Waals surface area (Å²) in [5.74, 6) is 0.668. The third-order valence-electron chi connectivity index (χ3n) is 3.34. The summed E-state index contributed by atoms with van der Waals surface area (Å²) in [7, 11) is 0. The number of hydrogen-bond donors (Lipinski definition) is 1. The molecule has 0 aliphatic carbocycles. The Morgan fingerprint density at radius 1 is 1.35 bits per heavy atom. The number of rotatable bonds is 8. The number of hydrogen-bond acceptors (Lipinski definition) is 2. The number of unbranched alkanes of at least 4 members (excludes halogenated alkanes) is 1. The predicted octanol–water partition coefficient (Wildman–Crippen LogP) is 3.59. The summed E-state index contributed by atoms with van der Waals surface area (Å²) in [6.07, 6.45) is 9.99. The topological polar surface area (TPSA) is 33.1 Å². The highest BCUT2D eigenvalue weighted by atomic mass is 16.3. The SMILES string of the molecule is CCCCC(CC)CC(O)Cc1cccnc1. The van der Waals surface area contributed by atoms with Crippen LogP contribution in [0, 0.1) is 5.92 Å². The molecule has 0 amide bonds. The number of aliphatic hydroxyl groups excluding tert-OH is 1. The minimum atomic E-state index is -0.221. The molecule has 0 saturated heterocycles. The standard InChI is InChI=1S/C15H25NO/c1-3-5-7-13(4-2)10-15(17)11-14-8-6-9-16-12-14/h6,8-9,12-13,15,17H,3-5,7,10-11H2,1-2H3. The Balaban J connectivity index is 2.34. The third kappa shape index (κ3) is 5.83. The molecule has 1 aromatic heterocycles. The van der Waals surface area contributed by atoms with Crippen LogP contribution in [0.25, 0.3) is 0 Å². The van der Waals surface area contributed by atoms with Gasteiger partial charge in [-0.1, -0.05) is 45.6 Å². The number of pyridine rings is 1. The van der Waals surface area contributed by atoms with Gasteiger partial charge in [0.25, 0.3) is 0 Å². The Morgan fingerprint density at radius 3 is 2.76 bits per heavy atom. The summed E-state index contributed by atoms with van der Waals surface area (Å²) in [6, 6.07) is 3.96. The Morgan fingerprint density at radius 2 is 2.18 bits per heavy atom. The van der Waals surface area contributed by atoms with Crippen LogP contribution in [-0.2, 0) is 6.42 Å². The lowest BCUT2D eigenvalue weighted by molar-refractivity contribution is 0.137. The van der Waals surface area contributed by atoms with Gasteiger partial charge in [-0.3, -0.25) is 4.98 Å². The van der Waals surface area contributed by atoms with E-state index in [9.17, 15) is 5.11 Å². The molecule has 1 heterocycles. The molecule has 0 spiro atoms. The Bertz CT molecular complexity index is 286. The van der Waals surface area contributed by atoms with E-state index in [1.165, 1.54) is 25.7 Å². The van der Waals surface area contributed by atoms with Crippen LogP contribution in [0.15, 0.2) is 24.5 Å². The summed E-state index contributed by atoms with van der Waals surface area (Å²) < 4.78 is 0. The number of nitrogens with zero attached hydrogens (tertiary/aromatic N) is 1. The first-order valence-corrected chi connectivity index (χ1v) is 6.83. The molecule has 0 fully saturated rings. The van der Waals surface area contributed by atoms with Gasteiger partial charge in [0.2, 0.25) is 0 Å². The van der Waals surface area contributed by atoms with Crippen LogP contribution in [0.4, 0.5) is 0 Å². The minimum Gasteiger partial charge on any atom is -0.393 e. The monoisotopic (exact) mass is 235 g/mol. The largest absolute Gasteiger partial charge is 0.393 e. The Hall–Kier alpha value is -0.890. The highest BCUT2D eigenvalue weighted by molar-refractivity contribution is 5.09. The normalized spacial score (nSPS) is 14.5. The summed E-state index contributed by atoms with van der Waals surface area (Å²) in [5.41, 5.74) is 1.13. The van der Waals surface area contributed by atoms with Gasteiger partial charge in [-0.15, -0.1) is 0 Å². The molecule has 2 nitrogen and oxygen atoms in total. The third-order valence-corrected chi connectivity index (χ3v) is 3.34.